The fourth-order valence-corrected chi connectivity index (χ4v) is 3.46. The molecule has 0 aliphatic rings. The first kappa shape index (κ1) is 17.7. The van der Waals surface area contributed by atoms with Gasteiger partial charge in [0.15, 0.2) is 0 Å². The third-order valence-corrected chi connectivity index (χ3v) is 4.77. The Morgan fingerprint density at radius 3 is 2.78 bits per heavy atom. The number of hydrogen-bond donors (Lipinski definition) is 1. The van der Waals surface area contributed by atoms with Gasteiger partial charge in [-0.25, -0.2) is 4.98 Å². The Balaban J connectivity index is 2.09. The van der Waals surface area contributed by atoms with E-state index in [1.54, 1.807) is 37.4 Å². The number of benzene rings is 1. The highest BCUT2D eigenvalue weighted by Gasteiger charge is 2.22. The first-order valence-corrected chi connectivity index (χ1v) is 9.34. The molecule has 0 amide bonds. The molecule has 2 rings (SSSR count). The highest BCUT2D eigenvalue weighted by atomic mass is 31.2. The molecule has 124 valence electrons. The smallest absolute Gasteiger partial charge is 0.332 e. The van der Waals surface area contributed by atoms with Crippen LogP contribution in [0.25, 0.3) is 0 Å². The van der Waals surface area contributed by atoms with Crippen LogP contribution in [0.3, 0.4) is 0 Å². The summed E-state index contributed by atoms with van der Waals surface area (Å²) in [6, 6.07) is 10.8. The fraction of sp³-hybridized carbons (Fsp3) is 0.353. The zero-order valence-electron chi connectivity index (χ0n) is 13.6. The van der Waals surface area contributed by atoms with Gasteiger partial charge in [-0.05, 0) is 49.6 Å². The van der Waals surface area contributed by atoms with Crippen molar-refractivity contribution in [2.45, 2.75) is 39.5 Å². The lowest BCUT2D eigenvalue weighted by atomic mass is 10.2. The van der Waals surface area contributed by atoms with Gasteiger partial charge >= 0.3 is 7.60 Å². The van der Waals surface area contributed by atoms with E-state index in [-0.39, 0.29) is 12.3 Å². The molecule has 2 unspecified atom stereocenters. The van der Waals surface area contributed by atoms with E-state index in [2.05, 4.69) is 4.98 Å². The highest BCUT2D eigenvalue weighted by molar-refractivity contribution is 7.51. The molecular weight excluding hydrogens is 313 g/mol. The number of nitrogens with zero attached hydrogens (tertiary/aromatic N) is 1. The van der Waals surface area contributed by atoms with Crippen molar-refractivity contribution in [1.29, 1.82) is 0 Å². The lowest BCUT2D eigenvalue weighted by molar-refractivity contribution is 0.185. The van der Waals surface area contributed by atoms with Crippen LogP contribution in [0.1, 0.15) is 31.4 Å². The van der Waals surface area contributed by atoms with E-state index in [1.165, 1.54) is 0 Å². The second-order valence-electron chi connectivity index (χ2n) is 5.54. The standard InChI is InChI=1S/C17H22NO4P/c1-4-14(3)22-23(19,20)12-15-6-5-7-16(11-15)21-17-10-13(2)8-9-18-17/h5-11,14H,4,12H2,1-3H3,(H,19,20). The van der Waals surface area contributed by atoms with Gasteiger partial charge in [0.1, 0.15) is 5.75 Å². The van der Waals surface area contributed by atoms with Crippen LogP contribution in [0.15, 0.2) is 42.6 Å². The third kappa shape index (κ3) is 5.79. The summed E-state index contributed by atoms with van der Waals surface area (Å²) in [6.07, 6.45) is 2.07. The summed E-state index contributed by atoms with van der Waals surface area (Å²) >= 11 is 0. The molecule has 5 nitrogen and oxygen atoms in total. The predicted molar refractivity (Wildman–Crippen MR) is 89.9 cm³/mol. The minimum absolute atomic E-state index is 0.0458. The Labute approximate surface area is 136 Å². The van der Waals surface area contributed by atoms with Crippen LogP contribution in [0.2, 0.25) is 0 Å². The Morgan fingerprint density at radius 1 is 1.30 bits per heavy atom. The van der Waals surface area contributed by atoms with Crippen molar-refractivity contribution in [3.63, 3.8) is 0 Å². The van der Waals surface area contributed by atoms with E-state index >= 15 is 0 Å². The summed E-state index contributed by atoms with van der Waals surface area (Å²) in [5.74, 6) is 1.06. The molecule has 0 spiro atoms. The minimum Gasteiger partial charge on any atom is -0.439 e. The number of aryl methyl sites for hydroxylation is 1. The number of hydrogen-bond acceptors (Lipinski definition) is 4. The minimum atomic E-state index is -3.67. The monoisotopic (exact) mass is 335 g/mol. The number of rotatable bonds is 7. The molecule has 1 aromatic heterocycles. The van der Waals surface area contributed by atoms with Crippen LogP contribution in [-0.4, -0.2) is 16.0 Å². The van der Waals surface area contributed by atoms with Crippen molar-refractivity contribution in [2.24, 2.45) is 0 Å². The topological polar surface area (TPSA) is 68.7 Å². The molecule has 0 aliphatic heterocycles. The van der Waals surface area contributed by atoms with E-state index in [9.17, 15) is 9.46 Å². The molecule has 2 aromatic rings. The van der Waals surface area contributed by atoms with E-state index in [0.29, 0.717) is 23.6 Å². The Morgan fingerprint density at radius 2 is 2.09 bits per heavy atom. The largest absolute Gasteiger partial charge is 0.439 e. The van der Waals surface area contributed by atoms with Crippen LogP contribution >= 0.6 is 7.60 Å². The van der Waals surface area contributed by atoms with Crippen molar-refractivity contribution >= 4 is 7.60 Å². The molecular formula is C17H22NO4P. The van der Waals surface area contributed by atoms with Gasteiger partial charge in [-0.1, -0.05) is 19.1 Å². The molecule has 1 N–H and O–H groups in total. The van der Waals surface area contributed by atoms with Gasteiger partial charge in [-0.15, -0.1) is 0 Å². The predicted octanol–water partition coefficient (Wildman–Crippen LogP) is 4.68. The van der Waals surface area contributed by atoms with Crippen molar-refractivity contribution in [2.75, 3.05) is 0 Å². The van der Waals surface area contributed by atoms with Gasteiger partial charge in [-0.2, -0.15) is 0 Å². The van der Waals surface area contributed by atoms with E-state index in [4.69, 9.17) is 9.26 Å². The van der Waals surface area contributed by atoms with Gasteiger partial charge in [0.05, 0.1) is 12.3 Å². The summed E-state index contributed by atoms with van der Waals surface area (Å²) in [5, 5.41) is 0. The summed E-state index contributed by atoms with van der Waals surface area (Å²) in [7, 11) is -3.67. The summed E-state index contributed by atoms with van der Waals surface area (Å²) < 4.78 is 23.1. The highest BCUT2D eigenvalue weighted by Crippen LogP contribution is 2.47. The third-order valence-electron chi connectivity index (χ3n) is 3.31. The van der Waals surface area contributed by atoms with E-state index in [0.717, 1.165) is 5.56 Å². The first-order chi connectivity index (χ1) is 10.9. The first-order valence-electron chi connectivity index (χ1n) is 7.57. The summed E-state index contributed by atoms with van der Waals surface area (Å²) in [6.45, 7) is 5.65. The van der Waals surface area contributed by atoms with Gasteiger partial charge in [0.25, 0.3) is 0 Å². The molecule has 0 fully saturated rings. The van der Waals surface area contributed by atoms with Crippen LogP contribution in [0, 0.1) is 6.92 Å². The Bertz CT molecular complexity index is 704. The molecule has 2 atom stereocenters. The second kappa shape index (κ2) is 7.73. The molecule has 1 heterocycles. The lowest BCUT2D eigenvalue weighted by Gasteiger charge is -2.17. The molecule has 0 saturated heterocycles. The fourth-order valence-electron chi connectivity index (χ4n) is 2.02. The molecule has 1 aromatic carbocycles. The van der Waals surface area contributed by atoms with Crippen LogP contribution in [-0.2, 0) is 15.3 Å². The summed E-state index contributed by atoms with van der Waals surface area (Å²) in [5.41, 5.74) is 1.73. The molecule has 0 saturated carbocycles. The zero-order valence-corrected chi connectivity index (χ0v) is 14.5. The Kier molecular flexibility index (Phi) is 5.94. The lowest BCUT2D eigenvalue weighted by Crippen LogP contribution is -2.05. The average molecular weight is 335 g/mol. The number of aromatic nitrogens is 1. The normalized spacial score (nSPS) is 15.0. The zero-order chi connectivity index (χ0) is 16.9. The maximum absolute atomic E-state index is 12.1. The van der Waals surface area contributed by atoms with Gasteiger partial charge in [0, 0.05) is 12.3 Å². The number of ether oxygens (including phenoxy) is 1. The molecule has 23 heavy (non-hydrogen) atoms. The van der Waals surface area contributed by atoms with E-state index < -0.39 is 7.60 Å². The number of pyridine rings is 1. The average Bonchev–Trinajstić information content (AvgIpc) is 2.46. The maximum Gasteiger partial charge on any atom is 0.332 e. The second-order valence-corrected chi connectivity index (χ2v) is 7.34. The SMILES string of the molecule is CCC(C)OP(=O)(O)Cc1cccc(Oc2cc(C)ccn2)c1. The van der Waals surface area contributed by atoms with Crippen molar-refractivity contribution in [1.82, 2.24) is 4.98 Å². The van der Waals surface area contributed by atoms with E-state index in [1.807, 2.05) is 26.0 Å². The van der Waals surface area contributed by atoms with Gasteiger partial charge < -0.3 is 14.2 Å². The summed E-state index contributed by atoms with van der Waals surface area (Å²) in [4.78, 5) is 14.1. The van der Waals surface area contributed by atoms with Crippen LogP contribution < -0.4 is 4.74 Å². The maximum atomic E-state index is 12.1. The van der Waals surface area contributed by atoms with Crippen LogP contribution in [0.5, 0.6) is 11.6 Å². The van der Waals surface area contributed by atoms with Crippen molar-refractivity contribution < 1.29 is 18.7 Å². The van der Waals surface area contributed by atoms with Crippen LogP contribution in [0.4, 0.5) is 0 Å². The quantitative estimate of drug-likeness (QED) is 0.744. The molecule has 0 bridgehead atoms. The van der Waals surface area contributed by atoms with Crippen molar-refractivity contribution in [3.05, 3.63) is 53.7 Å². The Hall–Kier alpha value is -1.68. The van der Waals surface area contributed by atoms with Gasteiger partial charge in [-0.3, -0.25) is 4.57 Å². The molecule has 0 radical (unpaired) electrons. The van der Waals surface area contributed by atoms with Gasteiger partial charge in [0.2, 0.25) is 5.88 Å². The molecule has 0 aliphatic carbocycles. The van der Waals surface area contributed by atoms with Crippen molar-refractivity contribution in [3.8, 4) is 11.6 Å². The molecule has 6 heteroatoms.